The Balaban J connectivity index is 1.93. The van der Waals surface area contributed by atoms with Crippen LogP contribution in [0.1, 0.15) is 32.6 Å². The molecule has 88 valence electrons. The number of nitrogens with one attached hydrogen (secondary N) is 1. The summed E-state index contributed by atoms with van der Waals surface area (Å²) in [6.07, 6.45) is 5.47. The van der Waals surface area contributed by atoms with Gasteiger partial charge in [-0.25, -0.2) is 0 Å². The van der Waals surface area contributed by atoms with E-state index in [-0.39, 0.29) is 0 Å². The van der Waals surface area contributed by atoms with E-state index in [4.69, 9.17) is 11.6 Å². The van der Waals surface area contributed by atoms with Gasteiger partial charge in [-0.05, 0) is 37.5 Å². The van der Waals surface area contributed by atoms with Crippen molar-refractivity contribution < 1.29 is 0 Å². The van der Waals surface area contributed by atoms with Gasteiger partial charge in [0.2, 0.25) is 0 Å². The van der Waals surface area contributed by atoms with E-state index in [2.05, 4.69) is 28.2 Å². The molecule has 3 heteroatoms. The second-order valence-corrected chi connectivity index (χ2v) is 6.03. The predicted molar refractivity (Wildman–Crippen MR) is 74.2 cm³/mol. The summed E-state index contributed by atoms with van der Waals surface area (Å²) in [5.41, 5.74) is 1.03. The van der Waals surface area contributed by atoms with Crippen molar-refractivity contribution in [3.8, 4) is 0 Å². The van der Waals surface area contributed by atoms with Gasteiger partial charge in [-0.1, -0.05) is 46.8 Å². The molecule has 0 aliphatic heterocycles. The minimum Gasteiger partial charge on any atom is -0.381 e. The van der Waals surface area contributed by atoms with Gasteiger partial charge in [0.15, 0.2) is 0 Å². The number of benzene rings is 1. The maximum absolute atomic E-state index is 6.14. The van der Waals surface area contributed by atoms with Crippen molar-refractivity contribution in [2.75, 3.05) is 5.32 Å². The van der Waals surface area contributed by atoms with Crippen molar-refractivity contribution >= 4 is 33.2 Å². The molecule has 0 spiro atoms. The molecule has 16 heavy (non-hydrogen) atoms. The smallest absolute Gasteiger partial charge is 0.0638 e. The second kappa shape index (κ2) is 5.42. The lowest BCUT2D eigenvalue weighted by atomic mass is 9.81. The standard InChI is InChI=1S/C13H17BrClN/c1-9(7-10-3-2-4-10)16-13-8-11(14)5-6-12(13)15/h5-6,8-10,16H,2-4,7H2,1H3. The van der Waals surface area contributed by atoms with E-state index in [1.807, 2.05) is 18.2 Å². The average molecular weight is 303 g/mol. The van der Waals surface area contributed by atoms with Crippen LogP contribution in [0.4, 0.5) is 5.69 Å². The van der Waals surface area contributed by atoms with Crippen LogP contribution in [-0.4, -0.2) is 6.04 Å². The summed E-state index contributed by atoms with van der Waals surface area (Å²) in [5, 5.41) is 4.28. The van der Waals surface area contributed by atoms with Gasteiger partial charge in [-0.15, -0.1) is 0 Å². The van der Waals surface area contributed by atoms with Crippen LogP contribution in [0.25, 0.3) is 0 Å². The van der Waals surface area contributed by atoms with E-state index in [0.717, 1.165) is 21.1 Å². The summed E-state index contributed by atoms with van der Waals surface area (Å²) in [6, 6.07) is 6.42. The quantitative estimate of drug-likeness (QED) is 0.816. The molecular formula is C13H17BrClN. The summed E-state index contributed by atoms with van der Waals surface area (Å²) < 4.78 is 1.07. The van der Waals surface area contributed by atoms with Gasteiger partial charge in [-0.3, -0.25) is 0 Å². The zero-order chi connectivity index (χ0) is 11.5. The zero-order valence-corrected chi connectivity index (χ0v) is 11.8. The van der Waals surface area contributed by atoms with Gasteiger partial charge < -0.3 is 5.32 Å². The lowest BCUT2D eigenvalue weighted by Crippen LogP contribution is -2.23. The molecule has 0 heterocycles. The Morgan fingerprint density at radius 3 is 2.88 bits per heavy atom. The van der Waals surface area contributed by atoms with E-state index in [9.17, 15) is 0 Å². The van der Waals surface area contributed by atoms with Crippen molar-refractivity contribution in [1.29, 1.82) is 0 Å². The molecule has 1 aromatic rings. The number of anilines is 1. The van der Waals surface area contributed by atoms with Crippen LogP contribution in [0.3, 0.4) is 0 Å². The van der Waals surface area contributed by atoms with Crippen molar-refractivity contribution in [2.24, 2.45) is 5.92 Å². The molecule has 1 nitrogen and oxygen atoms in total. The average Bonchev–Trinajstić information content (AvgIpc) is 2.18. The highest BCUT2D eigenvalue weighted by Crippen LogP contribution is 2.32. The molecule has 1 unspecified atom stereocenters. The number of rotatable bonds is 4. The Morgan fingerprint density at radius 2 is 2.25 bits per heavy atom. The highest BCUT2D eigenvalue weighted by atomic mass is 79.9. The summed E-state index contributed by atoms with van der Waals surface area (Å²) in [7, 11) is 0. The van der Waals surface area contributed by atoms with E-state index >= 15 is 0 Å². The van der Waals surface area contributed by atoms with Gasteiger partial charge in [0.1, 0.15) is 0 Å². The third-order valence-electron chi connectivity index (χ3n) is 3.24. The topological polar surface area (TPSA) is 12.0 Å². The first-order valence-electron chi connectivity index (χ1n) is 5.87. The van der Waals surface area contributed by atoms with Crippen LogP contribution in [0, 0.1) is 5.92 Å². The van der Waals surface area contributed by atoms with Crippen molar-refractivity contribution in [2.45, 2.75) is 38.6 Å². The van der Waals surface area contributed by atoms with Crippen LogP contribution in [0.2, 0.25) is 5.02 Å². The summed E-state index contributed by atoms with van der Waals surface area (Å²) in [4.78, 5) is 0. The van der Waals surface area contributed by atoms with Crippen LogP contribution < -0.4 is 5.32 Å². The van der Waals surface area contributed by atoms with Gasteiger partial charge in [0.05, 0.1) is 10.7 Å². The summed E-state index contributed by atoms with van der Waals surface area (Å²) in [5.74, 6) is 0.924. The SMILES string of the molecule is CC(CC1CCC1)Nc1cc(Br)ccc1Cl. The molecule has 0 saturated heterocycles. The molecule has 2 rings (SSSR count). The molecule has 0 bridgehead atoms. The van der Waals surface area contributed by atoms with E-state index < -0.39 is 0 Å². The molecule has 1 atom stereocenters. The predicted octanol–water partition coefficient (Wildman–Crippen LogP) is 5.09. The molecule has 1 aromatic carbocycles. The Kier molecular flexibility index (Phi) is 4.15. The third kappa shape index (κ3) is 3.14. The monoisotopic (exact) mass is 301 g/mol. The molecule has 1 saturated carbocycles. The zero-order valence-electron chi connectivity index (χ0n) is 9.47. The Labute approximate surface area is 111 Å². The van der Waals surface area contributed by atoms with Crippen LogP contribution >= 0.6 is 27.5 Å². The minimum absolute atomic E-state index is 0.497. The lowest BCUT2D eigenvalue weighted by molar-refractivity contribution is 0.286. The minimum atomic E-state index is 0.497. The number of halogens is 2. The van der Waals surface area contributed by atoms with Gasteiger partial charge in [0.25, 0.3) is 0 Å². The fourth-order valence-electron chi connectivity index (χ4n) is 2.16. The molecule has 0 radical (unpaired) electrons. The van der Waals surface area contributed by atoms with E-state index in [1.54, 1.807) is 0 Å². The molecule has 0 aromatic heterocycles. The van der Waals surface area contributed by atoms with Gasteiger partial charge in [0, 0.05) is 10.5 Å². The molecule has 1 aliphatic carbocycles. The van der Waals surface area contributed by atoms with Crippen molar-refractivity contribution in [3.05, 3.63) is 27.7 Å². The maximum atomic E-state index is 6.14. The van der Waals surface area contributed by atoms with E-state index in [1.165, 1.54) is 25.7 Å². The molecule has 1 aliphatic rings. The lowest BCUT2D eigenvalue weighted by Gasteiger charge is -2.29. The first kappa shape index (κ1) is 12.3. The third-order valence-corrected chi connectivity index (χ3v) is 4.06. The fraction of sp³-hybridized carbons (Fsp3) is 0.538. The number of hydrogen-bond donors (Lipinski definition) is 1. The summed E-state index contributed by atoms with van der Waals surface area (Å²) >= 11 is 9.60. The Bertz CT molecular complexity index is 363. The highest BCUT2D eigenvalue weighted by molar-refractivity contribution is 9.10. The Morgan fingerprint density at radius 1 is 1.50 bits per heavy atom. The summed E-state index contributed by atoms with van der Waals surface area (Å²) in [6.45, 7) is 2.23. The van der Waals surface area contributed by atoms with E-state index in [0.29, 0.717) is 6.04 Å². The largest absolute Gasteiger partial charge is 0.381 e. The first-order valence-corrected chi connectivity index (χ1v) is 7.04. The van der Waals surface area contributed by atoms with Gasteiger partial charge in [-0.2, -0.15) is 0 Å². The number of hydrogen-bond acceptors (Lipinski definition) is 1. The molecule has 1 fully saturated rings. The van der Waals surface area contributed by atoms with Crippen LogP contribution in [0.5, 0.6) is 0 Å². The normalized spacial score (nSPS) is 17.9. The molecular weight excluding hydrogens is 286 g/mol. The van der Waals surface area contributed by atoms with Crippen molar-refractivity contribution in [1.82, 2.24) is 0 Å². The van der Waals surface area contributed by atoms with Crippen molar-refractivity contribution in [3.63, 3.8) is 0 Å². The molecule has 1 N–H and O–H groups in total. The first-order chi connectivity index (χ1) is 7.65. The van der Waals surface area contributed by atoms with Crippen LogP contribution in [-0.2, 0) is 0 Å². The Hall–Kier alpha value is -0.210. The maximum Gasteiger partial charge on any atom is 0.0638 e. The molecule has 0 amide bonds. The van der Waals surface area contributed by atoms with Gasteiger partial charge >= 0.3 is 0 Å². The van der Waals surface area contributed by atoms with Crippen LogP contribution in [0.15, 0.2) is 22.7 Å². The fourth-order valence-corrected chi connectivity index (χ4v) is 2.69. The highest BCUT2D eigenvalue weighted by Gasteiger charge is 2.20. The second-order valence-electron chi connectivity index (χ2n) is 4.70.